The lowest BCUT2D eigenvalue weighted by Gasteiger charge is -2.24. The number of rotatable bonds is 5. The predicted octanol–water partition coefficient (Wildman–Crippen LogP) is 3.87. The van der Waals surface area contributed by atoms with Gasteiger partial charge in [-0.1, -0.05) is 30.3 Å². The molecule has 6 heteroatoms. The van der Waals surface area contributed by atoms with Crippen LogP contribution >= 0.6 is 0 Å². The highest BCUT2D eigenvalue weighted by Gasteiger charge is 2.26. The topological polar surface area (TPSA) is 67.2 Å². The molecule has 1 aromatic heterocycles. The summed E-state index contributed by atoms with van der Waals surface area (Å²) in [5, 5.41) is 7.81. The van der Waals surface area contributed by atoms with Crippen molar-refractivity contribution in [3.63, 3.8) is 0 Å². The number of benzene rings is 2. The fraction of sp³-hybridized carbons (Fsp3) is 0.320. The van der Waals surface area contributed by atoms with Crippen molar-refractivity contribution in [2.75, 3.05) is 11.4 Å². The van der Waals surface area contributed by atoms with Crippen LogP contribution in [0.2, 0.25) is 0 Å². The molecule has 3 aromatic rings. The van der Waals surface area contributed by atoms with Gasteiger partial charge in [0.05, 0.1) is 18.8 Å². The van der Waals surface area contributed by atoms with Crippen LogP contribution in [0.25, 0.3) is 0 Å². The third kappa shape index (κ3) is 3.98. The SMILES string of the molecule is O=C(N[C@@H]1CCCc2c1cnn2Cc1ccccc1)c1ccc(N2CCCC2=O)cc1. The van der Waals surface area contributed by atoms with Gasteiger partial charge in [0.1, 0.15) is 0 Å². The van der Waals surface area contributed by atoms with Gasteiger partial charge in [0.2, 0.25) is 5.91 Å². The second-order valence-electron chi connectivity index (χ2n) is 8.30. The van der Waals surface area contributed by atoms with Crippen LogP contribution in [0.15, 0.2) is 60.8 Å². The highest BCUT2D eigenvalue weighted by atomic mass is 16.2. The largest absolute Gasteiger partial charge is 0.345 e. The summed E-state index contributed by atoms with van der Waals surface area (Å²) in [6, 6.07) is 17.6. The third-order valence-electron chi connectivity index (χ3n) is 6.26. The molecule has 1 atom stereocenters. The van der Waals surface area contributed by atoms with Crippen molar-refractivity contribution in [1.82, 2.24) is 15.1 Å². The fourth-order valence-corrected chi connectivity index (χ4v) is 4.62. The summed E-state index contributed by atoms with van der Waals surface area (Å²) in [7, 11) is 0. The first-order valence-electron chi connectivity index (χ1n) is 11.0. The van der Waals surface area contributed by atoms with E-state index in [0.717, 1.165) is 50.0 Å². The monoisotopic (exact) mass is 414 g/mol. The van der Waals surface area contributed by atoms with Crippen molar-refractivity contribution < 1.29 is 9.59 Å². The van der Waals surface area contributed by atoms with Crippen molar-refractivity contribution in [1.29, 1.82) is 0 Å². The Morgan fingerprint density at radius 2 is 1.84 bits per heavy atom. The highest BCUT2D eigenvalue weighted by Crippen LogP contribution is 2.30. The van der Waals surface area contributed by atoms with Crippen molar-refractivity contribution in [2.45, 2.75) is 44.7 Å². The van der Waals surface area contributed by atoms with Gasteiger partial charge < -0.3 is 10.2 Å². The molecule has 0 spiro atoms. The van der Waals surface area contributed by atoms with E-state index in [1.165, 1.54) is 11.3 Å². The molecule has 1 aliphatic carbocycles. The van der Waals surface area contributed by atoms with Gasteiger partial charge in [-0.25, -0.2) is 0 Å². The predicted molar refractivity (Wildman–Crippen MR) is 119 cm³/mol. The normalized spacial score (nSPS) is 18.1. The van der Waals surface area contributed by atoms with Gasteiger partial charge >= 0.3 is 0 Å². The molecule has 1 aliphatic heterocycles. The standard InChI is InChI=1S/C25H26N4O2/c30-24-10-5-15-28(24)20-13-11-19(12-14-20)25(31)27-22-8-4-9-23-21(22)16-26-29(23)17-18-6-2-1-3-7-18/h1-3,6-7,11-14,16,22H,4-5,8-10,15,17H2,(H,27,31)/t22-/m1/s1. The summed E-state index contributed by atoms with van der Waals surface area (Å²) in [6.45, 7) is 1.50. The lowest BCUT2D eigenvalue weighted by atomic mass is 9.92. The second-order valence-corrected chi connectivity index (χ2v) is 8.30. The van der Waals surface area contributed by atoms with Gasteiger partial charge in [-0.2, -0.15) is 5.10 Å². The Labute approximate surface area is 181 Å². The summed E-state index contributed by atoms with van der Waals surface area (Å²) < 4.78 is 2.06. The van der Waals surface area contributed by atoms with Crippen LogP contribution in [0.5, 0.6) is 0 Å². The molecule has 6 nitrogen and oxygen atoms in total. The van der Waals surface area contributed by atoms with Gasteiger partial charge in [0, 0.05) is 35.5 Å². The average Bonchev–Trinajstić information content (AvgIpc) is 3.41. The number of aromatic nitrogens is 2. The minimum Gasteiger partial charge on any atom is -0.345 e. The van der Waals surface area contributed by atoms with Crippen molar-refractivity contribution in [3.8, 4) is 0 Å². The Morgan fingerprint density at radius 3 is 2.58 bits per heavy atom. The molecule has 158 valence electrons. The van der Waals surface area contributed by atoms with Crippen LogP contribution in [0, 0.1) is 0 Å². The zero-order valence-corrected chi connectivity index (χ0v) is 17.5. The lowest BCUT2D eigenvalue weighted by Crippen LogP contribution is -2.31. The minimum absolute atomic E-state index is 0.0272. The Morgan fingerprint density at radius 1 is 1.03 bits per heavy atom. The molecule has 2 aliphatic rings. The number of hydrogen-bond acceptors (Lipinski definition) is 3. The van der Waals surface area contributed by atoms with E-state index in [4.69, 9.17) is 0 Å². The van der Waals surface area contributed by atoms with Crippen LogP contribution in [0.1, 0.15) is 58.9 Å². The van der Waals surface area contributed by atoms with E-state index in [1.807, 2.05) is 36.5 Å². The van der Waals surface area contributed by atoms with Crippen molar-refractivity contribution in [3.05, 3.63) is 83.2 Å². The maximum atomic E-state index is 12.9. The molecule has 1 saturated heterocycles. The molecule has 31 heavy (non-hydrogen) atoms. The Bertz CT molecular complexity index is 1090. The summed E-state index contributed by atoms with van der Waals surface area (Å²) in [4.78, 5) is 26.6. The first kappa shape index (κ1) is 19.5. The summed E-state index contributed by atoms with van der Waals surface area (Å²) in [5.41, 5.74) is 5.02. The van der Waals surface area contributed by atoms with E-state index in [1.54, 1.807) is 17.0 Å². The second kappa shape index (κ2) is 8.38. The molecule has 0 radical (unpaired) electrons. The number of carbonyl (C=O) groups is 2. The Balaban J connectivity index is 1.29. The first-order valence-corrected chi connectivity index (χ1v) is 11.0. The maximum absolute atomic E-state index is 12.9. The highest BCUT2D eigenvalue weighted by molar-refractivity contribution is 5.97. The number of anilines is 1. The number of nitrogens with zero attached hydrogens (tertiary/aromatic N) is 3. The van der Waals surface area contributed by atoms with E-state index < -0.39 is 0 Å². The van der Waals surface area contributed by atoms with Gasteiger partial charge in [-0.3, -0.25) is 14.3 Å². The molecule has 0 saturated carbocycles. The van der Waals surface area contributed by atoms with E-state index in [9.17, 15) is 9.59 Å². The Kier molecular flexibility index (Phi) is 5.28. The number of carbonyl (C=O) groups excluding carboxylic acids is 2. The molecule has 2 aromatic carbocycles. The molecule has 2 heterocycles. The Hall–Kier alpha value is -3.41. The first-order chi connectivity index (χ1) is 15.2. The summed E-state index contributed by atoms with van der Waals surface area (Å²) >= 11 is 0. The van der Waals surface area contributed by atoms with Gasteiger partial charge in [0.15, 0.2) is 0 Å². The maximum Gasteiger partial charge on any atom is 0.251 e. The van der Waals surface area contributed by atoms with Crippen LogP contribution in [-0.2, 0) is 17.8 Å². The van der Waals surface area contributed by atoms with E-state index in [-0.39, 0.29) is 17.9 Å². The number of amides is 2. The molecular formula is C25H26N4O2. The molecule has 2 amide bonds. The minimum atomic E-state index is -0.0899. The molecule has 0 unspecified atom stereocenters. The van der Waals surface area contributed by atoms with Gasteiger partial charge in [-0.05, 0) is 55.5 Å². The van der Waals surface area contributed by atoms with Crippen LogP contribution < -0.4 is 10.2 Å². The average molecular weight is 415 g/mol. The zero-order valence-electron chi connectivity index (χ0n) is 17.5. The molecule has 1 fully saturated rings. The number of hydrogen-bond donors (Lipinski definition) is 1. The molecular weight excluding hydrogens is 388 g/mol. The number of fused-ring (bicyclic) bond motifs is 1. The van der Waals surface area contributed by atoms with Crippen LogP contribution in [-0.4, -0.2) is 28.1 Å². The third-order valence-corrected chi connectivity index (χ3v) is 6.26. The van der Waals surface area contributed by atoms with Crippen molar-refractivity contribution in [2.24, 2.45) is 0 Å². The van der Waals surface area contributed by atoms with E-state index >= 15 is 0 Å². The summed E-state index contributed by atoms with van der Waals surface area (Å²) in [5.74, 6) is 0.0624. The van der Waals surface area contributed by atoms with E-state index in [2.05, 4.69) is 27.2 Å². The summed E-state index contributed by atoms with van der Waals surface area (Å²) in [6.07, 6.45) is 6.31. The van der Waals surface area contributed by atoms with Crippen LogP contribution in [0.4, 0.5) is 5.69 Å². The number of nitrogens with one attached hydrogen (secondary N) is 1. The lowest BCUT2D eigenvalue weighted by molar-refractivity contribution is -0.117. The fourth-order valence-electron chi connectivity index (χ4n) is 4.62. The van der Waals surface area contributed by atoms with E-state index in [0.29, 0.717) is 12.0 Å². The quantitative estimate of drug-likeness (QED) is 0.689. The smallest absolute Gasteiger partial charge is 0.251 e. The van der Waals surface area contributed by atoms with Crippen LogP contribution in [0.3, 0.4) is 0 Å². The van der Waals surface area contributed by atoms with Gasteiger partial charge in [0.25, 0.3) is 5.91 Å². The zero-order chi connectivity index (χ0) is 21.2. The molecule has 1 N–H and O–H groups in total. The molecule has 5 rings (SSSR count). The molecule has 0 bridgehead atoms. The van der Waals surface area contributed by atoms with Gasteiger partial charge in [-0.15, -0.1) is 0 Å². The van der Waals surface area contributed by atoms with Crippen molar-refractivity contribution >= 4 is 17.5 Å².